The summed E-state index contributed by atoms with van der Waals surface area (Å²) in [6, 6.07) is 0. The molecule has 0 N–H and O–H groups in total. The molecular weight excluding hydrogens is 103 g/mol. The number of hydrogen-bond donors (Lipinski definition) is 0. The summed E-state index contributed by atoms with van der Waals surface area (Å²) in [7, 11) is 1.85. The average Bonchev–Trinajstić information content (AvgIpc) is 1.77. The Hall–Kier alpha value is -0.595. The predicted molar refractivity (Wildman–Crippen MR) is 30.0 cm³/mol. The van der Waals surface area contributed by atoms with Crippen molar-refractivity contribution in [2.75, 3.05) is 0 Å². The van der Waals surface area contributed by atoms with Gasteiger partial charge in [0, 0.05) is 6.42 Å². The molecule has 0 atom stereocenters. The molecule has 1 rings (SSSR count). The van der Waals surface area contributed by atoms with E-state index >= 15 is 0 Å². The molecule has 0 aliphatic carbocycles. The smallest absolute Gasteiger partial charge is 0.196 e. The third kappa shape index (κ3) is 0.969. The fourth-order valence-electron chi connectivity index (χ4n) is 0.720. The molecule has 0 aromatic heterocycles. The van der Waals surface area contributed by atoms with Gasteiger partial charge in [-0.05, 0) is 6.32 Å². The van der Waals surface area contributed by atoms with E-state index in [1.165, 1.54) is 0 Å². The Morgan fingerprint density at radius 1 is 1.25 bits per heavy atom. The van der Waals surface area contributed by atoms with Gasteiger partial charge in [0.25, 0.3) is 0 Å². The summed E-state index contributed by atoms with van der Waals surface area (Å²) in [5.41, 5.74) is 0. The Bertz CT molecular complexity index is 114. The van der Waals surface area contributed by atoms with Crippen molar-refractivity contribution in [3.63, 3.8) is 0 Å². The van der Waals surface area contributed by atoms with Gasteiger partial charge in [0.2, 0.25) is 0 Å². The second-order valence-corrected chi connectivity index (χ2v) is 1.88. The molecule has 41 valence electrons. The molecule has 1 radical (unpaired) electrons. The third-order valence-electron chi connectivity index (χ3n) is 1.22. The summed E-state index contributed by atoms with van der Waals surface area (Å²) >= 11 is 0. The Balaban J connectivity index is 2.52. The van der Waals surface area contributed by atoms with E-state index in [4.69, 9.17) is 0 Å². The first kappa shape index (κ1) is 5.54. The fraction of sp³-hybridized carbons (Fsp3) is 0.600. The number of carbonyl (C=O) groups is 2. The van der Waals surface area contributed by atoms with Gasteiger partial charge in [-0.3, -0.25) is 9.59 Å². The van der Waals surface area contributed by atoms with Crippen LogP contribution in [0.5, 0.6) is 0 Å². The summed E-state index contributed by atoms with van der Waals surface area (Å²) < 4.78 is 0. The summed E-state index contributed by atoms with van der Waals surface area (Å²) in [5.74, 6) is -0.427. The van der Waals surface area contributed by atoms with Crippen molar-refractivity contribution < 1.29 is 9.59 Å². The molecule has 3 heteroatoms. The Labute approximate surface area is 48.5 Å². The first-order valence-corrected chi connectivity index (χ1v) is 2.68. The molecule has 8 heavy (non-hydrogen) atoms. The standard InChI is InChI=1S/C5H6BO2/c7-4-1-2-6-3-5(4)8/h1-3H2. The van der Waals surface area contributed by atoms with E-state index in [1.807, 2.05) is 7.28 Å². The largest absolute Gasteiger partial charge is 0.292 e. The van der Waals surface area contributed by atoms with Gasteiger partial charge >= 0.3 is 0 Å². The lowest BCUT2D eigenvalue weighted by Gasteiger charge is -2.03. The average molecular weight is 109 g/mol. The molecule has 0 amide bonds. The van der Waals surface area contributed by atoms with Crippen molar-refractivity contribution in [2.24, 2.45) is 0 Å². The van der Waals surface area contributed by atoms with Crippen LogP contribution in [0, 0.1) is 0 Å². The third-order valence-corrected chi connectivity index (χ3v) is 1.22. The number of hydrogen-bond acceptors (Lipinski definition) is 2. The van der Waals surface area contributed by atoms with Crippen molar-refractivity contribution in [3.8, 4) is 0 Å². The lowest BCUT2D eigenvalue weighted by atomic mass is 9.63. The molecule has 0 aromatic carbocycles. The first-order valence-electron chi connectivity index (χ1n) is 2.68. The van der Waals surface area contributed by atoms with E-state index in [0.717, 1.165) is 6.32 Å². The number of carbonyl (C=O) groups excluding carboxylic acids is 2. The quantitative estimate of drug-likeness (QED) is 0.325. The Morgan fingerprint density at radius 3 is 2.38 bits per heavy atom. The zero-order valence-corrected chi connectivity index (χ0v) is 4.52. The zero-order valence-electron chi connectivity index (χ0n) is 4.52. The summed E-state index contributed by atoms with van der Waals surface area (Å²) in [5, 5.41) is 0. The fourth-order valence-corrected chi connectivity index (χ4v) is 0.720. The highest BCUT2D eigenvalue weighted by atomic mass is 16.2. The van der Waals surface area contributed by atoms with E-state index in [9.17, 15) is 9.59 Å². The number of ketones is 2. The maximum Gasteiger partial charge on any atom is 0.196 e. The highest BCUT2D eigenvalue weighted by molar-refractivity contribution is 6.56. The van der Waals surface area contributed by atoms with Gasteiger partial charge < -0.3 is 0 Å². The van der Waals surface area contributed by atoms with Crippen LogP contribution in [0.15, 0.2) is 0 Å². The van der Waals surface area contributed by atoms with Crippen LogP contribution in [0.4, 0.5) is 0 Å². The van der Waals surface area contributed by atoms with E-state index < -0.39 is 0 Å². The van der Waals surface area contributed by atoms with Crippen LogP contribution in [0.25, 0.3) is 0 Å². The molecule has 1 heterocycles. The summed E-state index contributed by atoms with van der Waals surface area (Å²) in [4.78, 5) is 20.8. The molecule has 0 spiro atoms. The minimum absolute atomic E-state index is 0.201. The van der Waals surface area contributed by atoms with Crippen LogP contribution in [0.1, 0.15) is 6.42 Å². The van der Waals surface area contributed by atoms with E-state index in [-0.39, 0.29) is 11.6 Å². The predicted octanol–water partition coefficient (Wildman–Crippen LogP) is 0.0691. The first-order chi connectivity index (χ1) is 3.80. The topological polar surface area (TPSA) is 34.1 Å². The second kappa shape index (κ2) is 2.12. The van der Waals surface area contributed by atoms with Crippen molar-refractivity contribution in [2.45, 2.75) is 19.1 Å². The lowest BCUT2D eigenvalue weighted by Crippen LogP contribution is -2.20. The van der Waals surface area contributed by atoms with Gasteiger partial charge in [0.05, 0.1) is 0 Å². The molecule has 0 bridgehead atoms. The highest BCUT2D eigenvalue weighted by Gasteiger charge is 2.17. The molecule has 1 fully saturated rings. The SMILES string of the molecule is O=C1C[B]CCC1=O. The van der Waals surface area contributed by atoms with Crippen molar-refractivity contribution in [3.05, 3.63) is 0 Å². The van der Waals surface area contributed by atoms with Gasteiger partial charge in [0.1, 0.15) is 7.28 Å². The van der Waals surface area contributed by atoms with E-state index in [0.29, 0.717) is 12.7 Å². The Morgan fingerprint density at radius 2 is 2.00 bits per heavy atom. The van der Waals surface area contributed by atoms with Gasteiger partial charge in [-0.25, -0.2) is 0 Å². The second-order valence-electron chi connectivity index (χ2n) is 1.88. The molecule has 0 unspecified atom stereocenters. The van der Waals surface area contributed by atoms with Crippen LogP contribution in [0.2, 0.25) is 12.6 Å². The van der Waals surface area contributed by atoms with Crippen molar-refractivity contribution >= 4 is 18.8 Å². The minimum atomic E-state index is -0.226. The van der Waals surface area contributed by atoms with Crippen molar-refractivity contribution in [1.29, 1.82) is 0 Å². The molecule has 1 aliphatic heterocycles. The van der Waals surface area contributed by atoms with Gasteiger partial charge in [0.15, 0.2) is 11.6 Å². The van der Waals surface area contributed by atoms with E-state index in [1.54, 1.807) is 0 Å². The van der Waals surface area contributed by atoms with Gasteiger partial charge in [-0.2, -0.15) is 0 Å². The van der Waals surface area contributed by atoms with Crippen LogP contribution >= 0.6 is 0 Å². The van der Waals surface area contributed by atoms with Crippen LogP contribution in [0.3, 0.4) is 0 Å². The normalized spacial score (nSPS) is 20.5. The summed E-state index contributed by atoms with van der Waals surface area (Å²) in [6.07, 6.45) is 1.57. The zero-order chi connectivity index (χ0) is 5.98. The monoisotopic (exact) mass is 109 g/mol. The van der Waals surface area contributed by atoms with Crippen LogP contribution in [-0.2, 0) is 9.59 Å². The van der Waals surface area contributed by atoms with Gasteiger partial charge in [-0.15, -0.1) is 0 Å². The van der Waals surface area contributed by atoms with Gasteiger partial charge in [-0.1, -0.05) is 6.32 Å². The molecule has 2 nitrogen and oxygen atoms in total. The van der Waals surface area contributed by atoms with Crippen LogP contribution in [-0.4, -0.2) is 18.8 Å². The molecular formula is C5H6BO2. The molecule has 0 saturated carbocycles. The maximum atomic E-state index is 10.4. The lowest BCUT2D eigenvalue weighted by molar-refractivity contribution is -0.135. The minimum Gasteiger partial charge on any atom is -0.292 e. The molecule has 0 aromatic rings. The Kier molecular flexibility index (Phi) is 1.46. The number of rotatable bonds is 0. The van der Waals surface area contributed by atoms with Crippen molar-refractivity contribution in [1.82, 2.24) is 0 Å². The maximum absolute atomic E-state index is 10.4. The number of Topliss-reactive ketones (excluding diaryl/α,β-unsaturated/α-hetero) is 2. The van der Waals surface area contributed by atoms with Crippen LogP contribution < -0.4 is 0 Å². The summed E-state index contributed by atoms with van der Waals surface area (Å²) in [6.45, 7) is 0. The molecule has 1 saturated heterocycles. The highest BCUT2D eigenvalue weighted by Crippen LogP contribution is 2.03. The molecule has 1 aliphatic rings. The van der Waals surface area contributed by atoms with E-state index in [2.05, 4.69) is 0 Å².